The van der Waals surface area contributed by atoms with Gasteiger partial charge in [0.1, 0.15) is 10.7 Å². The number of amides is 1. The third kappa shape index (κ3) is 2.62. The summed E-state index contributed by atoms with van der Waals surface area (Å²) in [6, 6.07) is 4.07. The van der Waals surface area contributed by atoms with Crippen molar-refractivity contribution in [3.05, 3.63) is 39.6 Å². The van der Waals surface area contributed by atoms with Crippen LogP contribution in [0.25, 0.3) is 0 Å². The average molecular weight is 303 g/mol. The lowest BCUT2D eigenvalue weighted by Gasteiger charge is -2.34. The van der Waals surface area contributed by atoms with Crippen molar-refractivity contribution >= 4 is 17.2 Å². The van der Waals surface area contributed by atoms with Gasteiger partial charge in [-0.2, -0.15) is 0 Å². The largest absolute Gasteiger partial charge is 0.344 e. The Morgan fingerprint density at radius 2 is 2.14 bits per heavy atom. The Morgan fingerprint density at radius 1 is 1.33 bits per heavy atom. The average Bonchev–Trinajstić information content (AvgIpc) is 3.06. The van der Waals surface area contributed by atoms with E-state index < -0.39 is 0 Å². The van der Waals surface area contributed by atoms with E-state index in [1.165, 1.54) is 6.42 Å². The van der Waals surface area contributed by atoms with E-state index in [1.807, 2.05) is 42.5 Å². The second kappa shape index (κ2) is 5.64. The molecule has 2 aromatic heterocycles. The molecule has 1 fully saturated rings. The monoisotopic (exact) mass is 303 g/mol. The second-order valence-electron chi connectivity index (χ2n) is 5.76. The van der Waals surface area contributed by atoms with Gasteiger partial charge in [0, 0.05) is 30.4 Å². The molecule has 5 heteroatoms. The number of nitrogens with zero attached hydrogens (tertiary/aromatic N) is 3. The minimum absolute atomic E-state index is 0.128. The van der Waals surface area contributed by atoms with E-state index in [-0.39, 0.29) is 11.9 Å². The number of likely N-dealkylation sites (tertiary alicyclic amines) is 1. The maximum absolute atomic E-state index is 12.9. The predicted octanol–water partition coefficient (Wildman–Crippen LogP) is 3.47. The number of thiazole rings is 1. The van der Waals surface area contributed by atoms with Gasteiger partial charge >= 0.3 is 0 Å². The fourth-order valence-corrected chi connectivity index (χ4v) is 3.87. The molecule has 112 valence electrons. The molecule has 0 N–H and O–H groups in total. The number of piperidine rings is 1. The minimum Gasteiger partial charge on any atom is -0.344 e. The van der Waals surface area contributed by atoms with Crippen LogP contribution in [0.1, 0.15) is 52.2 Å². The maximum atomic E-state index is 12.9. The number of aromatic nitrogens is 2. The number of rotatable bonds is 2. The van der Waals surface area contributed by atoms with E-state index in [9.17, 15) is 4.79 Å². The van der Waals surface area contributed by atoms with Crippen LogP contribution >= 0.6 is 11.3 Å². The highest BCUT2D eigenvalue weighted by Gasteiger charge is 2.31. The van der Waals surface area contributed by atoms with Crippen LogP contribution in [-0.2, 0) is 7.05 Å². The normalized spacial score (nSPS) is 19.0. The molecule has 21 heavy (non-hydrogen) atoms. The van der Waals surface area contributed by atoms with E-state index in [0.717, 1.165) is 41.5 Å². The van der Waals surface area contributed by atoms with Crippen LogP contribution in [-0.4, -0.2) is 26.9 Å². The molecule has 2 aromatic rings. The van der Waals surface area contributed by atoms with Crippen molar-refractivity contribution in [3.8, 4) is 0 Å². The van der Waals surface area contributed by atoms with Gasteiger partial charge in [0.05, 0.1) is 6.04 Å². The first-order valence-corrected chi connectivity index (χ1v) is 8.31. The van der Waals surface area contributed by atoms with E-state index in [1.54, 1.807) is 11.3 Å². The molecule has 0 radical (unpaired) electrons. The van der Waals surface area contributed by atoms with Gasteiger partial charge in [-0.05, 0) is 45.2 Å². The Morgan fingerprint density at radius 3 is 2.76 bits per heavy atom. The summed E-state index contributed by atoms with van der Waals surface area (Å²) in [4.78, 5) is 19.5. The Balaban J connectivity index is 1.91. The Kier molecular flexibility index (Phi) is 3.85. The molecule has 0 bridgehead atoms. The van der Waals surface area contributed by atoms with Crippen LogP contribution in [0.15, 0.2) is 17.5 Å². The summed E-state index contributed by atoms with van der Waals surface area (Å²) in [7, 11) is 1.95. The van der Waals surface area contributed by atoms with Crippen molar-refractivity contribution in [3.63, 3.8) is 0 Å². The molecular weight excluding hydrogens is 282 g/mol. The second-order valence-corrected chi connectivity index (χ2v) is 6.65. The molecule has 1 unspecified atom stereocenters. The fraction of sp³-hybridized carbons (Fsp3) is 0.500. The van der Waals surface area contributed by atoms with Crippen LogP contribution in [0.5, 0.6) is 0 Å². The lowest BCUT2D eigenvalue weighted by atomic mass is 10.0. The summed E-state index contributed by atoms with van der Waals surface area (Å²) in [6.45, 7) is 4.86. The zero-order valence-corrected chi connectivity index (χ0v) is 13.6. The molecule has 0 spiro atoms. The SMILES string of the molecule is Cc1csc(C2CCCCN2C(=O)c2ccc(C)n2C)n1. The first kappa shape index (κ1) is 14.3. The van der Waals surface area contributed by atoms with E-state index in [4.69, 9.17) is 0 Å². The topological polar surface area (TPSA) is 38.1 Å². The molecule has 1 saturated heterocycles. The predicted molar refractivity (Wildman–Crippen MR) is 84.6 cm³/mol. The quantitative estimate of drug-likeness (QED) is 0.852. The molecule has 1 aliphatic heterocycles. The molecule has 4 nitrogen and oxygen atoms in total. The Labute approximate surface area is 129 Å². The van der Waals surface area contributed by atoms with Gasteiger partial charge < -0.3 is 9.47 Å². The van der Waals surface area contributed by atoms with Crippen LogP contribution in [0.3, 0.4) is 0 Å². The fourth-order valence-electron chi connectivity index (χ4n) is 2.93. The smallest absolute Gasteiger partial charge is 0.271 e. The zero-order chi connectivity index (χ0) is 15.0. The van der Waals surface area contributed by atoms with Gasteiger partial charge in [-0.1, -0.05) is 0 Å². The van der Waals surface area contributed by atoms with Gasteiger partial charge in [0.15, 0.2) is 0 Å². The summed E-state index contributed by atoms with van der Waals surface area (Å²) >= 11 is 1.67. The van der Waals surface area contributed by atoms with E-state index >= 15 is 0 Å². The van der Waals surface area contributed by atoms with Crippen molar-refractivity contribution < 1.29 is 4.79 Å². The molecule has 0 aliphatic carbocycles. The summed E-state index contributed by atoms with van der Waals surface area (Å²) < 4.78 is 1.97. The van der Waals surface area contributed by atoms with E-state index in [0.29, 0.717) is 0 Å². The van der Waals surface area contributed by atoms with Crippen LogP contribution in [0.4, 0.5) is 0 Å². The van der Waals surface area contributed by atoms with Crippen LogP contribution in [0, 0.1) is 13.8 Å². The third-order valence-electron chi connectivity index (χ3n) is 4.28. The summed E-state index contributed by atoms with van der Waals surface area (Å²) in [5.74, 6) is 0.128. The van der Waals surface area contributed by atoms with Gasteiger partial charge in [-0.3, -0.25) is 4.79 Å². The number of carbonyl (C=O) groups is 1. The number of aryl methyl sites for hydroxylation is 2. The van der Waals surface area contributed by atoms with Crippen molar-refractivity contribution in [2.75, 3.05) is 6.54 Å². The summed E-state index contributed by atoms with van der Waals surface area (Å²) in [5.41, 5.74) is 2.92. The molecule has 1 atom stereocenters. The molecule has 0 aromatic carbocycles. The molecule has 0 saturated carbocycles. The standard InChI is InChI=1S/C16H21N3OS/c1-11-10-21-15(17-11)13-6-4-5-9-19(13)16(20)14-8-7-12(2)18(14)3/h7-8,10,13H,4-6,9H2,1-3H3. The minimum atomic E-state index is 0.128. The highest BCUT2D eigenvalue weighted by molar-refractivity contribution is 7.09. The maximum Gasteiger partial charge on any atom is 0.271 e. The van der Waals surface area contributed by atoms with Crippen molar-refractivity contribution in [2.45, 2.75) is 39.2 Å². The first-order chi connectivity index (χ1) is 10.1. The molecule has 3 heterocycles. The van der Waals surface area contributed by atoms with Gasteiger partial charge in [0.25, 0.3) is 5.91 Å². The summed E-state index contributed by atoms with van der Waals surface area (Å²) in [5, 5.41) is 3.14. The van der Waals surface area contributed by atoms with Gasteiger partial charge in [-0.25, -0.2) is 4.98 Å². The highest BCUT2D eigenvalue weighted by atomic mass is 32.1. The van der Waals surface area contributed by atoms with Gasteiger partial charge in [-0.15, -0.1) is 11.3 Å². The third-order valence-corrected chi connectivity index (χ3v) is 5.34. The number of hydrogen-bond donors (Lipinski definition) is 0. The Bertz CT molecular complexity index is 658. The summed E-state index contributed by atoms with van der Waals surface area (Å²) in [6.07, 6.45) is 3.26. The number of hydrogen-bond acceptors (Lipinski definition) is 3. The zero-order valence-electron chi connectivity index (χ0n) is 12.8. The van der Waals surface area contributed by atoms with Crippen molar-refractivity contribution in [1.29, 1.82) is 0 Å². The molecular formula is C16H21N3OS. The van der Waals surface area contributed by atoms with Gasteiger partial charge in [0.2, 0.25) is 0 Å². The molecule has 1 amide bonds. The lowest BCUT2D eigenvalue weighted by molar-refractivity contribution is 0.0601. The number of carbonyl (C=O) groups excluding carboxylic acids is 1. The Hall–Kier alpha value is -1.62. The van der Waals surface area contributed by atoms with Crippen LogP contribution < -0.4 is 0 Å². The molecule has 3 rings (SSSR count). The molecule has 1 aliphatic rings. The first-order valence-electron chi connectivity index (χ1n) is 7.43. The highest BCUT2D eigenvalue weighted by Crippen LogP contribution is 2.33. The lowest BCUT2D eigenvalue weighted by Crippen LogP contribution is -2.39. The van der Waals surface area contributed by atoms with Crippen molar-refractivity contribution in [1.82, 2.24) is 14.5 Å². The van der Waals surface area contributed by atoms with E-state index in [2.05, 4.69) is 10.4 Å². The van der Waals surface area contributed by atoms with Crippen molar-refractivity contribution in [2.24, 2.45) is 7.05 Å². The van der Waals surface area contributed by atoms with Crippen LogP contribution in [0.2, 0.25) is 0 Å².